The summed E-state index contributed by atoms with van der Waals surface area (Å²) in [6.45, 7) is 8.16. The standard InChI is InChI=1S/C28H30N4O4S/c1-5-37(34,35)28-29-16-25(26(31-28)27(33)30-24-13-10-20(3)15-21(24)4)32(18-23-7-6-14-36-23)17-22-11-8-19(2)9-12-22/h6-16H,5,17-18H2,1-4H3,(H,30,33). The Balaban J connectivity index is 1.80. The number of carbonyl (C=O) groups is 1. The molecule has 9 heteroatoms. The zero-order valence-corrected chi connectivity index (χ0v) is 22.2. The molecule has 0 aliphatic heterocycles. The molecule has 0 saturated carbocycles. The van der Waals surface area contributed by atoms with Gasteiger partial charge in [0.25, 0.3) is 5.91 Å². The third kappa shape index (κ3) is 6.24. The van der Waals surface area contributed by atoms with E-state index >= 15 is 0 Å². The average molecular weight is 519 g/mol. The van der Waals surface area contributed by atoms with Gasteiger partial charge >= 0.3 is 0 Å². The molecule has 2 heterocycles. The molecule has 37 heavy (non-hydrogen) atoms. The van der Waals surface area contributed by atoms with Crippen LogP contribution >= 0.6 is 0 Å². The normalized spacial score (nSPS) is 11.4. The van der Waals surface area contributed by atoms with Gasteiger partial charge in [-0.25, -0.2) is 18.4 Å². The van der Waals surface area contributed by atoms with Crippen LogP contribution in [-0.2, 0) is 22.9 Å². The van der Waals surface area contributed by atoms with Gasteiger partial charge in [-0.2, -0.15) is 0 Å². The van der Waals surface area contributed by atoms with Crippen LogP contribution in [0.3, 0.4) is 0 Å². The molecule has 4 aromatic rings. The van der Waals surface area contributed by atoms with E-state index in [1.807, 2.05) is 74.2 Å². The van der Waals surface area contributed by atoms with Crippen molar-refractivity contribution < 1.29 is 17.6 Å². The number of aryl methyl sites for hydroxylation is 3. The number of hydrogen-bond acceptors (Lipinski definition) is 7. The number of sulfone groups is 1. The van der Waals surface area contributed by atoms with Gasteiger partial charge in [-0.3, -0.25) is 4.79 Å². The first-order chi connectivity index (χ1) is 17.7. The second-order valence-electron chi connectivity index (χ2n) is 8.98. The maximum Gasteiger partial charge on any atom is 0.276 e. The second kappa shape index (κ2) is 11.0. The molecule has 0 aliphatic rings. The van der Waals surface area contributed by atoms with Gasteiger partial charge in [0.05, 0.1) is 30.4 Å². The number of rotatable bonds is 9. The van der Waals surface area contributed by atoms with Gasteiger partial charge in [0.15, 0.2) is 5.69 Å². The van der Waals surface area contributed by atoms with Crippen molar-refractivity contribution >= 4 is 27.1 Å². The van der Waals surface area contributed by atoms with Crippen LogP contribution in [0, 0.1) is 20.8 Å². The van der Waals surface area contributed by atoms with Gasteiger partial charge in [0, 0.05) is 12.2 Å². The van der Waals surface area contributed by atoms with Crippen molar-refractivity contribution in [1.29, 1.82) is 0 Å². The van der Waals surface area contributed by atoms with Gasteiger partial charge < -0.3 is 14.6 Å². The van der Waals surface area contributed by atoms with Gasteiger partial charge in [-0.1, -0.05) is 54.4 Å². The van der Waals surface area contributed by atoms with E-state index in [9.17, 15) is 13.2 Å². The molecular weight excluding hydrogens is 488 g/mol. The number of benzene rings is 2. The van der Waals surface area contributed by atoms with Crippen LogP contribution in [-0.4, -0.2) is 30.0 Å². The third-order valence-electron chi connectivity index (χ3n) is 6.01. The highest BCUT2D eigenvalue weighted by molar-refractivity contribution is 7.91. The first-order valence-corrected chi connectivity index (χ1v) is 13.6. The molecule has 192 valence electrons. The fraction of sp³-hybridized carbons (Fsp3) is 0.250. The average Bonchev–Trinajstić information content (AvgIpc) is 3.39. The first kappa shape index (κ1) is 26.1. The number of nitrogens with one attached hydrogen (secondary N) is 1. The first-order valence-electron chi connectivity index (χ1n) is 12.0. The fourth-order valence-corrected chi connectivity index (χ4v) is 4.60. The van der Waals surface area contributed by atoms with Gasteiger partial charge in [-0.05, 0) is 50.1 Å². The molecule has 0 radical (unpaired) electrons. The van der Waals surface area contributed by atoms with Crippen molar-refractivity contribution in [3.05, 3.63) is 101 Å². The number of aromatic nitrogens is 2. The molecule has 2 aromatic carbocycles. The van der Waals surface area contributed by atoms with E-state index in [0.29, 0.717) is 30.2 Å². The molecule has 0 bridgehead atoms. The monoisotopic (exact) mass is 518 g/mol. The van der Waals surface area contributed by atoms with Crippen LogP contribution < -0.4 is 10.2 Å². The Bertz CT molecular complexity index is 1500. The van der Waals surface area contributed by atoms with Gasteiger partial charge in [0.2, 0.25) is 15.0 Å². The van der Waals surface area contributed by atoms with Gasteiger partial charge in [0.1, 0.15) is 5.76 Å². The zero-order chi connectivity index (χ0) is 26.6. The fourth-order valence-electron chi connectivity index (χ4n) is 3.90. The number of furan rings is 1. The molecule has 1 amide bonds. The molecule has 0 spiro atoms. The van der Waals surface area contributed by atoms with Crippen molar-refractivity contribution in [2.24, 2.45) is 0 Å². The number of hydrogen-bond donors (Lipinski definition) is 1. The quantitative estimate of drug-likeness (QED) is 0.302. The van der Waals surface area contributed by atoms with E-state index in [1.54, 1.807) is 12.3 Å². The molecular formula is C28H30N4O4S. The van der Waals surface area contributed by atoms with Crippen molar-refractivity contribution in [1.82, 2.24) is 9.97 Å². The summed E-state index contributed by atoms with van der Waals surface area (Å²) in [5.74, 6) is -0.0207. The number of nitrogens with zero attached hydrogens (tertiary/aromatic N) is 3. The van der Waals surface area contributed by atoms with E-state index in [2.05, 4.69) is 15.3 Å². The van der Waals surface area contributed by atoms with Crippen molar-refractivity contribution in [3.63, 3.8) is 0 Å². The molecule has 0 fully saturated rings. The highest BCUT2D eigenvalue weighted by Gasteiger charge is 2.25. The van der Waals surface area contributed by atoms with Crippen LogP contribution in [0.5, 0.6) is 0 Å². The minimum Gasteiger partial charge on any atom is -0.467 e. The largest absolute Gasteiger partial charge is 0.467 e. The lowest BCUT2D eigenvalue weighted by Gasteiger charge is -2.26. The Hall–Kier alpha value is -3.98. The molecule has 1 N–H and O–H groups in total. The number of anilines is 2. The predicted octanol–water partition coefficient (Wildman–Crippen LogP) is 5.25. The summed E-state index contributed by atoms with van der Waals surface area (Å²) < 4.78 is 30.8. The summed E-state index contributed by atoms with van der Waals surface area (Å²) >= 11 is 0. The highest BCUT2D eigenvalue weighted by atomic mass is 32.2. The van der Waals surface area contributed by atoms with Crippen molar-refractivity contribution in [3.8, 4) is 0 Å². The zero-order valence-electron chi connectivity index (χ0n) is 21.4. The Morgan fingerprint density at radius 3 is 2.38 bits per heavy atom. The minimum atomic E-state index is -3.74. The maximum absolute atomic E-state index is 13.6. The smallest absolute Gasteiger partial charge is 0.276 e. The van der Waals surface area contributed by atoms with Crippen molar-refractivity contribution in [2.75, 3.05) is 16.0 Å². The lowest BCUT2D eigenvalue weighted by atomic mass is 10.1. The summed E-state index contributed by atoms with van der Waals surface area (Å²) in [5.41, 5.74) is 5.08. The predicted molar refractivity (Wildman–Crippen MR) is 143 cm³/mol. The SMILES string of the molecule is CCS(=O)(=O)c1ncc(N(Cc2ccc(C)cc2)Cc2ccco2)c(C(=O)Nc2ccc(C)cc2C)n1. The topological polar surface area (TPSA) is 105 Å². The Morgan fingerprint density at radius 1 is 1.00 bits per heavy atom. The Morgan fingerprint density at radius 2 is 1.73 bits per heavy atom. The summed E-state index contributed by atoms with van der Waals surface area (Å²) in [6, 6.07) is 17.4. The summed E-state index contributed by atoms with van der Waals surface area (Å²) in [7, 11) is -3.74. The van der Waals surface area contributed by atoms with E-state index < -0.39 is 15.7 Å². The second-order valence-corrected chi connectivity index (χ2v) is 11.2. The Kier molecular flexibility index (Phi) is 7.73. The van der Waals surface area contributed by atoms with Crippen molar-refractivity contribution in [2.45, 2.75) is 45.9 Å². The molecule has 4 rings (SSSR count). The van der Waals surface area contributed by atoms with E-state index in [4.69, 9.17) is 4.42 Å². The number of carbonyl (C=O) groups excluding carboxylic acids is 1. The summed E-state index contributed by atoms with van der Waals surface area (Å²) in [4.78, 5) is 23.9. The Labute approximate surface area is 217 Å². The minimum absolute atomic E-state index is 0.0272. The lowest BCUT2D eigenvalue weighted by molar-refractivity contribution is 0.102. The maximum atomic E-state index is 13.6. The molecule has 8 nitrogen and oxygen atoms in total. The summed E-state index contributed by atoms with van der Waals surface area (Å²) in [6.07, 6.45) is 2.99. The van der Waals surface area contributed by atoms with Crippen LogP contribution in [0.1, 0.15) is 45.4 Å². The van der Waals surface area contributed by atoms with Crippen LogP contribution in [0.15, 0.2) is 76.6 Å². The van der Waals surface area contributed by atoms with E-state index in [-0.39, 0.29) is 16.6 Å². The van der Waals surface area contributed by atoms with Gasteiger partial charge in [-0.15, -0.1) is 0 Å². The third-order valence-corrected chi connectivity index (χ3v) is 7.53. The van der Waals surface area contributed by atoms with Crippen LogP contribution in [0.25, 0.3) is 0 Å². The van der Waals surface area contributed by atoms with Crippen LogP contribution in [0.4, 0.5) is 11.4 Å². The molecule has 2 aromatic heterocycles. The number of amides is 1. The molecule has 0 unspecified atom stereocenters. The highest BCUT2D eigenvalue weighted by Crippen LogP contribution is 2.26. The molecule has 0 atom stereocenters. The lowest BCUT2D eigenvalue weighted by Crippen LogP contribution is -2.28. The van der Waals surface area contributed by atoms with Crippen LogP contribution in [0.2, 0.25) is 0 Å². The molecule has 0 saturated heterocycles. The summed E-state index contributed by atoms with van der Waals surface area (Å²) in [5, 5.41) is 2.52. The molecule has 0 aliphatic carbocycles. The van der Waals surface area contributed by atoms with E-state index in [1.165, 1.54) is 13.1 Å². The van der Waals surface area contributed by atoms with E-state index in [0.717, 1.165) is 22.3 Å².